The van der Waals surface area contributed by atoms with Crippen molar-refractivity contribution in [2.24, 2.45) is 0 Å². The summed E-state index contributed by atoms with van der Waals surface area (Å²) >= 11 is 0. The molecule has 2 aromatic carbocycles. The molecule has 3 nitrogen and oxygen atoms in total. The highest BCUT2D eigenvalue weighted by atomic mass is 19.4. The summed E-state index contributed by atoms with van der Waals surface area (Å²) in [5.74, 6) is -0.387. The molecule has 0 bridgehead atoms. The Labute approximate surface area is 168 Å². The largest absolute Gasteiger partial charge is 0.466 e. The van der Waals surface area contributed by atoms with E-state index in [4.69, 9.17) is 0 Å². The lowest BCUT2D eigenvalue weighted by molar-refractivity contribution is -0.137. The number of halogens is 3. The van der Waals surface area contributed by atoms with E-state index in [1.807, 2.05) is 31.2 Å². The Morgan fingerprint density at radius 3 is 2.55 bits per heavy atom. The van der Waals surface area contributed by atoms with Crippen molar-refractivity contribution in [1.29, 1.82) is 0 Å². The Morgan fingerprint density at radius 1 is 1.24 bits per heavy atom. The lowest BCUT2D eigenvalue weighted by Gasteiger charge is -2.15. The first kappa shape index (κ1) is 21.1. The van der Waals surface area contributed by atoms with E-state index in [-0.39, 0.29) is 18.1 Å². The second-order valence-electron chi connectivity index (χ2n) is 7.44. The molecule has 3 atom stereocenters. The Balaban J connectivity index is 1.61. The van der Waals surface area contributed by atoms with Crippen LogP contribution in [0.5, 0.6) is 0 Å². The summed E-state index contributed by atoms with van der Waals surface area (Å²) in [5.41, 5.74) is 3.03. The van der Waals surface area contributed by atoms with Gasteiger partial charge in [0.1, 0.15) is 0 Å². The van der Waals surface area contributed by atoms with Crippen LogP contribution in [-0.2, 0) is 22.1 Å². The molecule has 1 aliphatic heterocycles. The van der Waals surface area contributed by atoms with Crippen molar-refractivity contribution in [2.75, 3.05) is 13.7 Å². The number of methoxy groups -OCH3 is 1. The maximum absolute atomic E-state index is 12.9. The van der Waals surface area contributed by atoms with Crippen LogP contribution < -0.4 is 0 Å². The molecular formula is C23H24F3NO2. The van der Waals surface area contributed by atoms with Crippen molar-refractivity contribution in [3.8, 4) is 0 Å². The summed E-state index contributed by atoms with van der Waals surface area (Å²) < 4.78 is 43.4. The molecule has 0 amide bonds. The van der Waals surface area contributed by atoms with Crippen LogP contribution in [0.15, 0.2) is 54.6 Å². The van der Waals surface area contributed by atoms with Crippen molar-refractivity contribution in [1.82, 2.24) is 4.90 Å². The quantitative estimate of drug-likeness (QED) is 0.374. The van der Waals surface area contributed by atoms with E-state index in [2.05, 4.69) is 16.6 Å². The third-order valence-electron chi connectivity index (χ3n) is 5.29. The molecule has 1 aliphatic rings. The summed E-state index contributed by atoms with van der Waals surface area (Å²) in [4.78, 5) is 13.5. The van der Waals surface area contributed by atoms with Crippen molar-refractivity contribution >= 4 is 11.5 Å². The molecule has 0 aliphatic carbocycles. The Bertz CT molecular complexity index is 903. The van der Waals surface area contributed by atoms with E-state index in [1.54, 1.807) is 6.07 Å². The molecule has 0 radical (unpaired) electrons. The molecule has 29 heavy (non-hydrogen) atoms. The van der Waals surface area contributed by atoms with Gasteiger partial charge >= 0.3 is 12.1 Å². The third kappa shape index (κ3) is 5.26. The summed E-state index contributed by atoms with van der Waals surface area (Å²) in [5, 5.41) is 0. The highest BCUT2D eigenvalue weighted by Gasteiger charge is 2.40. The summed E-state index contributed by atoms with van der Waals surface area (Å²) in [6.07, 6.45) is -2.06. The zero-order valence-electron chi connectivity index (χ0n) is 16.7. The van der Waals surface area contributed by atoms with Crippen molar-refractivity contribution in [3.63, 3.8) is 0 Å². The number of carbonyl (C=O) groups excluding carboxylic acids is 1. The molecule has 6 heteroatoms. The SMILES string of the molecule is COC(=O)C=C(C)c1ccc(C[C@H](C)N2C[C@H]2c2cccc(C(F)(F)F)c2)cc1. The van der Waals surface area contributed by atoms with Gasteiger partial charge in [0.15, 0.2) is 0 Å². The van der Waals surface area contributed by atoms with Crippen molar-refractivity contribution in [2.45, 2.75) is 38.5 Å². The molecule has 1 heterocycles. The van der Waals surface area contributed by atoms with Gasteiger partial charge in [-0.15, -0.1) is 0 Å². The second kappa shape index (κ2) is 8.41. The number of rotatable bonds is 6. The zero-order chi connectivity index (χ0) is 21.2. The van der Waals surface area contributed by atoms with Gasteiger partial charge in [0.2, 0.25) is 0 Å². The molecule has 0 aromatic heterocycles. The molecule has 154 valence electrons. The van der Waals surface area contributed by atoms with Gasteiger partial charge in [-0.25, -0.2) is 4.79 Å². The van der Waals surface area contributed by atoms with Gasteiger partial charge in [0.05, 0.1) is 12.7 Å². The van der Waals surface area contributed by atoms with Crippen LogP contribution in [0.2, 0.25) is 0 Å². The van der Waals surface area contributed by atoms with E-state index in [0.717, 1.165) is 35.7 Å². The molecule has 0 saturated carbocycles. The minimum atomic E-state index is -4.32. The third-order valence-corrected chi connectivity index (χ3v) is 5.29. The fourth-order valence-corrected chi connectivity index (χ4v) is 3.54. The van der Waals surface area contributed by atoms with Crippen LogP contribution in [0.4, 0.5) is 13.2 Å². The zero-order valence-corrected chi connectivity index (χ0v) is 16.7. The van der Waals surface area contributed by atoms with Crippen LogP contribution >= 0.6 is 0 Å². The number of nitrogens with zero attached hydrogens (tertiary/aromatic N) is 1. The fourth-order valence-electron chi connectivity index (χ4n) is 3.54. The summed E-state index contributed by atoms with van der Waals surface area (Å²) in [6, 6.07) is 13.8. The van der Waals surface area contributed by atoms with Crippen LogP contribution in [-0.4, -0.2) is 30.6 Å². The molecule has 1 unspecified atom stereocenters. The van der Waals surface area contributed by atoms with E-state index >= 15 is 0 Å². The van der Waals surface area contributed by atoms with Gasteiger partial charge in [0.25, 0.3) is 0 Å². The van der Waals surface area contributed by atoms with E-state index in [9.17, 15) is 18.0 Å². The first-order valence-corrected chi connectivity index (χ1v) is 9.47. The van der Waals surface area contributed by atoms with Crippen LogP contribution in [0.1, 0.15) is 42.1 Å². The van der Waals surface area contributed by atoms with Crippen molar-refractivity contribution < 1.29 is 22.7 Å². The van der Waals surface area contributed by atoms with Gasteiger partial charge in [-0.2, -0.15) is 13.2 Å². The van der Waals surface area contributed by atoms with Crippen LogP contribution in [0.25, 0.3) is 5.57 Å². The fraction of sp³-hybridized carbons (Fsp3) is 0.348. The maximum Gasteiger partial charge on any atom is 0.416 e. The number of allylic oxidation sites excluding steroid dienone is 1. The van der Waals surface area contributed by atoms with Gasteiger partial charge < -0.3 is 4.74 Å². The average Bonchev–Trinajstić information content (AvgIpc) is 3.49. The second-order valence-corrected chi connectivity index (χ2v) is 7.44. The summed E-state index contributed by atoms with van der Waals surface area (Å²) in [7, 11) is 1.34. The monoisotopic (exact) mass is 403 g/mol. The van der Waals surface area contributed by atoms with E-state index in [1.165, 1.54) is 25.3 Å². The highest BCUT2D eigenvalue weighted by Crippen LogP contribution is 2.40. The lowest BCUT2D eigenvalue weighted by atomic mass is 10.0. The first-order valence-electron chi connectivity index (χ1n) is 9.47. The molecular weight excluding hydrogens is 379 g/mol. The Kier molecular flexibility index (Phi) is 6.13. The van der Waals surface area contributed by atoms with Gasteiger partial charge in [-0.3, -0.25) is 4.90 Å². The molecule has 0 N–H and O–H groups in total. The molecule has 3 rings (SSSR count). The molecule has 0 spiro atoms. The minimum absolute atomic E-state index is 0.0387. The molecule has 2 aromatic rings. The topological polar surface area (TPSA) is 29.3 Å². The highest BCUT2D eigenvalue weighted by molar-refractivity contribution is 5.90. The van der Waals surface area contributed by atoms with E-state index < -0.39 is 11.7 Å². The number of ether oxygens (including phenoxy) is 1. The lowest BCUT2D eigenvalue weighted by Crippen LogP contribution is -2.18. The Morgan fingerprint density at radius 2 is 1.93 bits per heavy atom. The number of alkyl halides is 3. The van der Waals surface area contributed by atoms with Gasteiger partial charge in [-0.05, 0) is 54.7 Å². The van der Waals surface area contributed by atoms with E-state index in [0.29, 0.717) is 5.56 Å². The summed E-state index contributed by atoms with van der Waals surface area (Å²) in [6.45, 7) is 4.70. The van der Waals surface area contributed by atoms with Gasteiger partial charge in [-0.1, -0.05) is 36.4 Å². The number of carbonyl (C=O) groups is 1. The van der Waals surface area contributed by atoms with Gasteiger partial charge in [0, 0.05) is 24.7 Å². The first-order chi connectivity index (χ1) is 13.7. The Hall–Kier alpha value is -2.60. The average molecular weight is 403 g/mol. The number of benzene rings is 2. The van der Waals surface area contributed by atoms with Crippen LogP contribution in [0, 0.1) is 0 Å². The predicted octanol–water partition coefficient (Wildman–Crippen LogP) is 5.27. The standard InChI is InChI=1S/C23H24F3NO2/c1-15(11-22(28)29-3)18-9-7-17(8-10-18)12-16(2)27-14-21(27)19-5-4-6-20(13-19)23(24,25)26/h4-11,13,16,21H,12,14H2,1-3H3/t16-,21-,27?/m0/s1. The van der Waals surface area contributed by atoms with Crippen molar-refractivity contribution in [3.05, 3.63) is 76.9 Å². The molecule has 1 saturated heterocycles. The van der Waals surface area contributed by atoms with Crippen LogP contribution in [0.3, 0.4) is 0 Å². The number of esters is 1. The number of hydrogen-bond donors (Lipinski definition) is 0. The number of hydrogen-bond acceptors (Lipinski definition) is 3. The maximum atomic E-state index is 12.9. The predicted molar refractivity (Wildman–Crippen MR) is 106 cm³/mol. The normalized spacial score (nSPS) is 20.3. The smallest absolute Gasteiger partial charge is 0.416 e. The molecule has 1 fully saturated rings. The minimum Gasteiger partial charge on any atom is -0.466 e.